The third kappa shape index (κ3) is 5.38. The lowest BCUT2D eigenvalue weighted by atomic mass is 9.88. The maximum atomic E-state index is 14.3. The van der Waals surface area contributed by atoms with Crippen molar-refractivity contribution in [3.63, 3.8) is 0 Å². The van der Waals surface area contributed by atoms with E-state index in [0.717, 1.165) is 18.1 Å². The first-order valence-electron chi connectivity index (χ1n) is 11.0. The summed E-state index contributed by atoms with van der Waals surface area (Å²) < 4.78 is 56.4. The Kier molecular flexibility index (Phi) is 6.72. The van der Waals surface area contributed by atoms with Gasteiger partial charge in [0.2, 0.25) is 0 Å². The molecule has 0 fully saturated rings. The molecule has 3 aromatic rings. The minimum absolute atomic E-state index is 0.0837. The number of aryl methyl sites for hydroxylation is 1. The van der Waals surface area contributed by atoms with Gasteiger partial charge in [0.15, 0.2) is 6.10 Å². The molecule has 0 saturated heterocycles. The molecule has 0 saturated carbocycles. The van der Waals surface area contributed by atoms with E-state index in [1.807, 2.05) is 0 Å². The standard InChI is InChI=1S/C25H24BrF3N2O4/c1-24(2,3)35-22(23(32)33)21-17(25(27,28)29)7-8-18(31-13-16(26)12-30-31)20(21)15-6-9-19-14(11-15)5-4-10-34-19/h6-9,11-13,22H,4-5,10H2,1-3H3,(H,32,33). The Labute approximate surface area is 208 Å². The Bertz CT molecular complexity index is 1260. The molecular formula is C25H24BrF3N2O4. The molecule has 1 aliphatic rings. The Morgan fingerprint density at radius 2 is 1.97 bits per heavy atom. The van der Waals surface area contributed by atoms with Gasteiger partial charge in [-0.05, 0) is 84.9 Å². The van der Waals surface area contributed by atoms with Crippen LogP contribution in [0.5, 0.6) is 5.75 Å². The van der Waals surface area contributed by atoms with Crippen LogP contribution in [0.3, 0.4) is 0 Å². The fraction of sp³-hybridized carbons (Fsp3) is 0.360. The minimum atomic E-state index is -4.82. The number of rotatable bonds is 5. The number of fused-ring (bicyclic) bond motifs is 1. The zero-order valence-corrected chi connectivity index (χ0v) is 20.9. The van der Waals surface area contributed by atoms with E-state index in [1.165, 1.54) is 16.9 Å². The fourth-order valence-corrected chi connectivity index (χ4v) is 4.44. The van der Waals surface area contributed by atoms with Crippen molar-refractivity contribution in [2.75, 3.05) is 6.61 Å². The van der Waals surface area contributed by atoms with Crippen LogP contribution in [0.15, 0.2) is 47.2 Å². The third-order valence-electron chi connectivity index (χ3n) is 5.48. The molecule has 35 heavy (non-hydrogen) atoms. The lowest BCUT2D eigenvalue weighted by molar-refractivity contribution is -0.163. The van der Waals surface area contributed by atoms with Gasteiger partial charge in [-0.1, -0.05) is 6.07 Å². The van der Waals surface area contributed by atoms with Crippen LogP contribution >= 0.6 is 15.9 Å². The summed E-state index contributed by atoms with van der Waals surface area (Å²) in [6.07, 6.45) is -2.14. The van der Waals surface area contributed by atoms with Gasteiger partial charge >= 0.3 is 12.1 Å². The van der Waals surface area contributed by atoms with Gasteiger partial charge in [0.25, 0.3) is 0 Å². The van der Waals surface area contributed by atoms with Crippen LogP contribution in [0.4, 0.5) is 13.2 Å². The normalized spacial score (nSPS) is 14.8. The number of nitrogens with zero attached hydrogens (tertiary/aromatic N) is 2. The van der Waals surface area contributed by atoms with E-state index in [2.05, 4.69) is 21.0 Å². The van der Waals surface area contributed by atoms with Crippen molar-refractivity contribution in [1.82, 2.24) is 9.78 Å². The number of hydrogen-bond acceptors (Lipinski definition) is 4. The molecule has 0 bridgehead atoms. The molecule has 2 aromatic carbocycles. The first kappa shape index (κ1) is 25.2. The first-order chi connectivity index (χ1) is 16.3. The van der Waals surface area contributed by atoms with Crippen molar-refractivity contribution in [3.05, 3.63) is 63.9 Å². The molecule has 186 valence electrons. The number of hydrogen-bond donors (Lipinski definition) is 1. The van der Waals surface area contributed by atoms with Crippen LogP contribution in [-0.4, -0.2) is 33.1 Å². The minimum Gasteiger partial charge on any atom is -0.493 e. The molecule has 0 radical (unpaired) electrons. The van der Waals surface area contributed by atoms with Gasteiger partial charge in [0, 0.05) is 17.3 Å². The number of carboxylic acid groups (broad SMARTS) is 1. The van der Waals surface area contributed by atoms with Gasteiger partial charge < -0.3 is 14.6 Å². The molecule has 1 N–H and O–H groups in total. The number of carbonyl (C=O) groups is 1. The summed E-state index contributed by atoms with van der Waals surface area (Å²) in [7, 11) is 0. The Morgan fingerprint density at radius 1 is 1.23 bits per heavy atom. The van der Waals surface area contributed by atoms with Crippen LogP contribution < -0.4 is 4.74 Å². The number of aromatic nitrogens is 2. The number of ether oxygens (including phenoxy) is 2. The molecule has 4 rings (SSSR count). The lowest BCUT2D eigenvalue weighted by Gasteiger charge is -2.30. The fourth-order valence-electron chi connectivity index (χ4n) is 4.16. The largest absolute Gasteiger partial charge is 0.493 e. The average Bonchev–Trinajstić information content (AvgIpc) is 3.21. The monoisotopic (exact) mass is 552 g/mol. The van der Waals surface area contributed by atoms with Crippen molar-refractivity contribution in [2.24, 2.45) is 0 Å². The highest BCUT2D eigenvalue weighted by molar-refractivity contribution is 9.10. The molecule has 6 nitrogen and oxygen atoms in total. The van der Waals surface area contributed by atoms with Gasteiger partial charge in [0.05, 0.1) is 34.1 Å². The zero-order chi connectivity index (χ0) is 25.5. The quantitative estimate of drug-likeness (QED) is 0.386. The van der Waals surface area contributed by atoms with Gasteiger partial charge in [-0.15, -0.1) is 0 Å². The molecule has 0 amide bonds. The second-order valence-electron chi connectivity index (χ2n) is 9.24. The zero-order valence-electron chi connectivity index (χ0n) is 19.3. The average molecular weight is 553 g/mol. The maximum Gasteiger partial charge on any atom is 0.416 e. The highest BCUT2D eigenvalue weighted by Gasteiger charge is 2.41. The SMILES string of the molecule is CC(C)(C)OC(C(=O)O)c1c(C(F)(F)F)ccc(-n2cc(Br)cn2)c1-c1ccc2c(c1)CCCO2. The van der Waals surface area contributed by atoms with E-state index >= 15 is 0 Å². The summed E-state index contributed by atoms with van der Waals surface area (Å²) in [6.45, 7) is 5.36. The second kappa shape index (κ2) is 9.31. The molecular weight excluding hydrogens is 529 g/mol. The summed E-state index contributed by atoms with van der Waals surface area (Å²) in [5.74, 6) is -0.857. The van der Waals surface area contributed by atoms with E-state index in [9.17, 15) is 23.1 Å². The van der Waals surface area contributed by atoms with E-state index < -0.39 is 35.0 Å². The van der Waals surface area contributed by atoms with E-state index in [-0.39, 0.29) is 5.56 Å². The molecule has 1 unspecified atom stereocenters. The van der Waals surface area contributed by atoms with Gasteiger partial charge in [-0.3, -0.25) is 0 Å². The van der Waals surface area contributed by atoms with E-state index in [0.29, 0.717) is 34.5 Å². The van der Waals surface area contributed by atoms with Gasteiger partial charge in [0.1, 0.15) is 5.75 Å². The highest BCUT2D eigenvalue weighted by atomic mass is 79.9. The van der Waals surface area contributed by atoms with Crippen molar-refractivity contribution < 1.29 is 32.5 Å². The molecule has 0 aliphatic carbocycles. The van der Waals surface area contributed by atoms with E-state index in [1.54, 1.807) is 45.2 Å². The number of benzene rings is 2. The van der Waals surface area contributed by atoms with Crippen LogP contribution in [-0.2, 0) is 22.1 Å². The second-order valence-corrected chi connectivity index (χ2v) is 10.2. The van der Waals surface area contributed by atoms with Crippen molar-refractivity contribution >= 4 is 21.9 Å². The van der Waals surface area contributed by atoms with Crippen LogP contribution in [0, 0.1) is 0 Å². The van der Waals surface area contributed by atoms with Crippen LogP contribution in [0.2, 0.25) is 0 Å². The van der Waals surface area contributed by atoms with Gasteiger partial charge in [-0.25, -0.2) is 9.48 Å². The summed E-state index contributed by atoms with van der Waals surface area (Å²) in [4.78, 5) is 12.4. The third-order valence-corrected chi connectivity index (χ3v) is 5.89. The Balaban J connectivity index is 2.09. The number of aliphatic carboxylic acids is 1. The lowest BCUT2D eigenvalue weighted by Crippen LogP contribution is -2.30. The topological polar surface area (TPSA) is 73.6 Å². The van der Waals surface area contributed by atoms with Crippen molar-refractivity contribution in [2.45, 2.75) is 51.5 Å². The van der Waals surface area contributed by atoms with Crippen molar-refractivity contribution in [1.29, 1.82) is 0 Å². The van der Waals surface area contributed by atoms with Crippen LogP contribution in [0.1, 0.15) is 50.0 Å². The molecule has 1 aromatic heterocycles. The smallest absolute Gasteiger partial charge is 0.416 e. The van der Waals surface area contributed by atoms with Crippen molar-refractivity contribution in [3.8, 4) is 22.6 Å². The summed E-state index contributed by atoms with van der Waals surface area (Å²) in [6, 6.07) is 7.28. The molecule has 2 heterocycles. The first-order valence-corrected chi connectivity index (χ1v) is 11.8. The Morgan fingerprint density at radius 3 is 2.57 bits per heavy atom. The highest BCUT2D eigenvalue weighted by Crippen LogP contribution is 2.45. The summed E-state index contributed by atoms with van der Waals surface area (Å²) in [5, 5.41) is 14.3. The van der Waals surface area contributed by atoms with E-state index in [4.69, 9.17) is 9.47 Å². The Hall–Kier alpha value is -2.85. The number of carboxylic acids is 1. The molecule has 0 spiro atoms. The summed E-state index contributed by atoms with van der Waals surface area (Å²) >= 11 is 3.32. The predicted octanol–water partition coefficient (Wildman–Crippen LogP) is 6.59. The molecule has 1 atom stereocenters. The number of alkyl halides is 3. The summed E-state index contributed by atoms with van der Waals surface area (Å²) in [5.41, 5.74) is -0.945. The van der Waals surface area contributed by atoms with Gasteiger partial charge in [-0.2, -0.15) is 18.3 Å². The number of halogens is 4. The predicted molar refractivity (Wildman–Crippen MR) is 127 cm³/mol. The van der Waals surface area contributed by atoms with Crippen LogP contribution in [0.25, 0.3) is 16.8 Å². The maximum absolute atomic E-state index is 14.3. The molecule has 10 heteroatoms. The molecule has 1 aliphatic heterocycles.